The smallest absolute Gasteiger partial charge is 0.0627 e. The fourth-order valence-corrected chi connectivity index (χ4v) is 4.11. The Hall–Kier alpha value is 0.0900. The van der Waals surface area contributed by atoms with E-state index in [4.69, 9.17) is 23.2 Å². The lowest BCUT2D eigenvalue weighted by Crippen LogP contribution is -2.26. The van der Waals surface area contributed by atoms with Crippen LogP contribution in [0.15, 0.2) is 12.1 Å². The molecule has 2 atom stereocenters. The molecule has 1 aromatic carbocycles. The van der Waals surface area contributed by atoms with Crippen LogP contribution in [0.1, 0.15) is 49.7 Å². The normalized spacial score (nSPS) is 30.4. The van der Waals surface area contributed by atoms with Crippen LogP contribution in [0.4, 0.5) is 0 Å². The lowest BCUT2D eigenvalue weighted by molar-refractivity contribution is 0.252. The number of fused-ring (bicyclic) bond motifs is 3. The van der Waals surface area contributed by atoms with E-state index in [1.54, 1.807) is 0 Å². The van der Waals surface area contributed by atoms with Gasteiger partial charge in [-0.15, -0.1) is 12.4 Å². The van der Waals surface area contributed by atoms with Crippen molar-refractivity contribution < 1.29 is 0 Å². The minimum atomic E-state index is 0. The van der Waals surface area contributed by atoms with Gasteiger partial charge in [-0.3, -0.25) is 0 Å². The predicted molar refractivity (Wildman–Crippen MR) is 76.7 cm³/mol. The maximum absolute atomic E-state index is 6.32. The largest absolute Gasteiger partial charge is 0.147 e. The molecule has 0 unspecified atom stereocenters. The molecule has 0 amide bonds. The minimum Gasteiger partial charge on any atom is -0.147 e. The maximum atomic E-state index is 6.32. The van der Waals surface area contributed by atoms with E-state index in [0.29, 0.717) is 16.4 Å². The number of benzene rings is 1. The Balaban J connectivity index is 0.00000108. The predicted octanol–water partition coefficient (Wildman–Crippen LogP) is 5.64. The van der Waals surface area contributed by atoms with Gasteiger partial charge in [-0.2, -0.15) is 0 Å². The van der Waals surface area contributed by atoms with Gasteiger partial charge in [0, 0.05) is 0 Å². The van der Waals surface area contributed by atoms with Crippen LogP contribution < -0.4 is 0 Å². The van der Waals surface area contributed by atoms with Gasteiger partial charge >= 0.3 is 0 Å². The fourth-order valence-electron chi connectivity index (χ4n) is 3.66. The van der Waals surface area contributed by atoms with Gasteiger partial charge < -0.3 is 0 Å². The first-order chi connectivity index (χ1) is 7.62. The lowest BCUT2D eigenvalue weighted by Gasteiger charge is -2.38. The van der Waals surface area contributed by atoms with Crippen LogP contribution in [-0.2, 0) is 6.42 Å². The topological polar surface area (TPSA) is 0 Å². The Bertz CT molecular complexity index is 441. The van der Waals surface area contributed by atoms with Crippen LogP contribution in [0.3, 0.4) is 0 Å². The Morgan fingerprint density at radius 1 is 1.24 bits per heavy atom. The number of halogens is 3. The summed E-state index contributed by atoms with van der Waals surface area (Å²) < 4.78 is 0. The van der Waals surface area contributed by atoms with Crippen LogP contribution in [0.2, 0.25) is 10.0 Å². The SMILES string of the molecule is C[C@]12CCC[C@H]1c1ccc(Cl)c(Cl)c1CC2.Cl. The molecule has 3 rings (SSSR count). The summed E-state index contributed by atoms with van der Waals surface area (Å²) in [6, 6.07) is 4.17. The number of hydrogen-bond acceptors (Lipinski definition) is 0. The first kappa shape index (κ1) is 13.5. The molecule has 2 aliphatic rings. The Morgan fingerprint density at radius 3 is 2.76 bits per heavy atom. The summed E-state index contributed by atoms with van der Waals surface area (Å²) in [5.41, 5.74) is 3.31. The lowest BCUT2D eigenvalue weighted by atomic mass is 9.67. The highest BCUT2D eigenvalue weighted by Gasteiger charge is 2.43. The molecule has 0 radical (unpaired) electrons. The fraction of sp³-hybridized carbons (Fsp3) is 0.571. The van der Waals surface area contributed by atoms with E-state index >= 15 is 0 Å². The van der Waals surface area contributed by atoms with Crippen molar-refractivity contribution in [1.82, 2.24) is 0 Å². The van der Waals surface area contributed by atoms with Crippen LogP contribution in [0, 0.1) is 5.41 Å². The highest BCUT2D eigenvalue weighted by molar-refractivity contribution is 6.42. The second-order valence-corrected chi connectivity index (χ2v) is 6.31. The monoisotopic (exact) mass is 290 g/mol. The molecule has 3 heteroatoms. The number of rotatable bonds is 0. The van der Waals surface area contributed by atoms with Crippen molar-refractivity contribution in [3.63, 3.8) is 0 Å². The Morgan fingerprint density at radius 2 is 2.00 bits per heavy atom. The van der Waals surface area contributed by atoms with E-state index in [1.165, 1.54) is 36.8 Å². The molecule has 1 saturated carbocycles. The summed E-state index contributed by atoms with van der Waals surface area (Å²) in [5, 5.41) is 1.51. The highest BCUT2D eigenvalue weighted by atomic mass is 35.5. The zero-order valence-electron chi connectivity index (χ0n) is 9.93. The molecule has 1 fully saturated rings. The average molecular weight is 292 g/mol. The summed E-state index contributed by atoms with van der Waals surface area (Å²) in [6.07, 6.45) is 6.42. The van der Waals surface area contributed by atoms with E-state index in [0.717, 1.165) is 11.4 Å². The van der Waals surface area contributed by atoms with Crippen LogP contribution in [0.5, 0.6) is 0 Å². The molecular formula is C14H17Cl3. The molecule has 0 spiro atoms. The third-order valence-corrected chi connectivity index (χ3v) is 5.48. The molecule has 0 saturated heterocycles. The summed E-state index contributed by atoms with van der Waals surface area (Å²) in [7, 11) is 0. The minimum absolute atomic E-state index is 0. The van der Waals surface area contributed by atoms with Crippen molar-refractivity contribution in [3.05, 3.63) is 33.3 Å². The second-order valence-electron chi connectivity index (χ2n) is 5.53. The third-order valence-electron chi connectivity index (χ3n) is 4.64. The van der Waals surface area contributed by atoms with Crippen molar-refractivity contribution in [2.24, 2.45) is 5.41 Å². The van der Waals surface area contributed by atoms with Crippen LogP contribution >= 0.6 is 35.6 Å². The summed E-state index contributed by atoms with van der Waals surface area (Å²) in [5.74, 6) is 0.714. The van der Waals surface area contributed by atoms with Crippen molar-refractivity contribution in [3.8, 4) is 0 Å². The molecule has 2 aliphatic carbocycles. The zero-order chi connectivity index (χ0) is 11.3. The molecule has 0 N–H and O–H groups in total. The van der Waals surface area contributed by atoms with Gasteiger partial charge in [0.05, 0.1) is 10.0 Å². The molecule has 0 heterocycles. The maximum Gasteiger partial charge on any atom is 0.0627 e. The van der Waals surface area contributed by atoms with Crippen LogP contribution in [-0.4, -0.2) is 0 Å². The van der Waals surface area contributed by atoms with E-state index in [-0.39, 0.29) is 12.4 Å². The second kappa shape index (κ2) is 4.64. The van der Waals surface area contributed by atoms with Crippen molar-refractivity contribution in [2.45, 2.75) is 44.9 Å². The molecule has 0 bridgehead atoms. The molecular weight excluding hydrogens is 275 g/mol. The van der Waals surface area contributed by atoms with E-state index in [9.17, 15) is 0 Å². The standard InChI is InChI=1S/C14H16Cl2.ClH/c1-14-7-2-3-11(14)9-4-5-12(15)13(16)10(9)6-8-14;/h4-5,11H,2-3,6-8H2,1H3;1H/t11-,14+;/m0./s1. The van der Waals surface area contributed by atoms with E-state index in [2.05, 4.69) is 13.0 Å². The zero-order valence-corrected chi connectivity index (χ0v) is 12.3. The molecule has 1 aromatic rings. The quantitative estimate of drug-likeness (QED) is 0.580. The van der Waals surface area contributed by atoms with Gasteiger partial charge in [0.2, 0.25) is 0 Å². The van der Waals surface area contributed by atoms with Gasteiger partial charge in [0.1, 0.15) is 0 Å². The van der Waals surface area contributed by atoms with Crippen molar-refractivity contribution in [2.75, 3.05) is 0 Å². The van der Waals surface area contributed by atoms with E-state index < -0.39 is 0 Å². The average Bonchev–Trinajstić information content (AvgIpc) is 2.65. The molecule has 0 aliphatic heterocycles. The van der Waals surface area contributed by atoms with Crippen LogP contribution in [0.25, 0.3) is 0 Å². The van der Waals surface area contributed by atoms with E-state index in [1.807, 2.05) is 6.07 Å². The van der Waals surface area contributed by atoms with Gasteiger partial charge in [-0.25, -0.2) is 0 Å². The number of hydrogen-bond donors (Lipinski definition) is 0. The first-order valence-electron chi connectivity index (χ1n) is 6.08. The van der Waals surface area contributed by atoms with Gasteiger partial charge in [-0.1, -0.05) is 42.6 Å². The molecule has 17 heavy (non-hydrogen) atoms. The highest BCUT2D eigenvalue weighted by Crippen LogP contribution is 2.56. The van der Waals surface area contributed by atoms with Crippen molar-refractivity contribution >= 4 is 35.6 Å². The van der Waals surface area contributed by atoms with Gasteiger partial charge in [0.15, 0.2) is 0 Å². The summed E-state index contributed by atoms with van der Waals surface area (Å²) in [4.78, 5) is 0. The first-order valence-corrected chi connectivity index (χ1v) is 6.84. The molecule has 94 valence electrons. The Labute approximate surface area is 119 Å². The van der Waals surface area contributed by atoms with Gasteiger partial charge in [0.25, 0.3) is 0 Å². The third kappa shape index (κ3) is 1.99. The van der Waals surface area contributed by atoms with Gasteiger partial charge in [-0.05, 0) is 54.2 Å². The Kier molecular flexibility index (Phi) is 3.69. The summed E-state index contributed by atoms with van der Waals surface area (Å²) >= 11 is 12.4. The molecule has 0 nitrogen and oxygen atoms in total. The van der Waals surface area contributed by atoms with Crippen molar-refractivity contribution in [1.29, 1.82) is 0 Å². The molecule has 0 aromatic heterocycles. The summed E-state index contributed by atoms with van der Waals surface area (Å²) in [6.45, 7) is 2.44.